The van der Waals surface area contributed by atoms with Gasteiger partial charge in [-0.1, -0.05) is 23.7 Å². The molecule has 7 nitrogen and oxygen atoms in total. The number of aromatic nitrogens is 2. The highest BCUT2D eigenvalue weighted by Gasteiger charge is 2.46. The zero-order chi connectivity index (χ0) is 21.9. The minimum atomic E-state index is -0.434. The second-order valence-electron chi connectivity index (χ2n) is 7.48. The summed E-state index contributed by atoms with van der Waals surface area (Å²) in [6.07, 6.45) is 0. The lowest BCUT2D eigenvalue weighted by atomic mass is 10.0. The Hall–Kier alpha value is -3.58. The van der Waals surface area contributed by atoms with Crippen LogP contribution in [0.1, 0.15) is 22.4 Å². The van der Waals surface area contributed by atoms with Gasteiger partial charge in [0.25, 0.3) is 11.3 Å². The second-order valence-corrected chi connectivity index (χ2v) is 7.92. The van der Waals surface area contributed by atoms with E-state index < -0.39 is 5.69 Å². The van der Waals surface area contributed by atoms with Crippen LogP contribution in [-0.4, -0.2) is 37.7 Å². The molecule has 0 spiro atoms. The third-order valence-electron chi connectivity index (χ3n) is 5.71. The smallest absolute Gasteiger partial charge is 0.331 e. The van der Waals surface area contributed by atoms with E-state index in [-0.39, 0.29) is 11.3 Å². The lowest BCUT2D eigenvalue weighted by molar-refractivity contribution is -0.437. The number of fused-ring (bicyclic) bond motifs is 3. The van der Waals surface area contributed by atoms with Gasteiger partial charge in [0.2, 0.25) is 11.5 Å². The standard InChI is InChI=1S/C23H18ClN3O4/c1-25-19-17(22(29)26(2)23(25)30)18(13-7-9-14(24)10-8-13)27-11-12-31-21(20(19)27)15-5-3-4-6-16(15)28/h3-10H,11-12H2,1-2H3/p+1. The average Bonchev–Trinajstić information content (AvgIpc) is 3.13. The Kier molecular flexibility index (Phi) is 4.37. The molecular formula is C23H19ClN3O4+. The van der Waals surface area contributed by atoms with Crippen molar-refractivity contribution in [1.29, 1.82) is 0 Å². The molecule has 2 aliphatic rings. The maximum Gasteiger partial charge on any atom is 0.331 e. The normalized spacial score (nSPS) is 15.1. The summed E-state index contributed by atoms with van der Waals surface area (Å²) in [6.45, 7) is 0.836. The minimum Gasteiger partial charge on any atom is -0.507 e. The number of benzene rings is 2. The third kappa shape index (κ3) is 2.77. The maximum absolute atomic E-state index is 13.3. The Morgan fingerprint density at radius 2 is 1.74 bits per heavy atom. The lowest BCUT2D eigenvalue weighted by Crippen LogP contribution is -2.41. The SMILES string of the molecule is Cn1c2c(c(=O)n(C)c1=O)C(c1ccc(Cl)cc1)=[N+]1CCOC(c3ccccc3O)=C21. The van der Waals surface area contributed by atoms with E-state index in [4.69, 9.17) is 16.3 Å². The first-order valence-electron chi connectivity index (χ1n) is 9.76. The van der Waals surface area contributed by atoms with Crippen LogP contribution >= 0.6 is 11.6 Å². The van der Waals surface area contributed by atoms with Gasteiger partial charge in [-0.25, -0.2) is 4.79 Å². The molecule has 3 heterocycles. The predicted molar refractivity (Wildman–Crippen MR) is 118 cm³/mol. The summed E-state index contributed by atoms with van der Waals surface area (Å²) in [5.74, 6) is 0.486. The number of phenols is 1. The Labute approximate surface area is 182 Å². The van der Waals surface area contributed by atoms with Gasteiger partial charge in [-0.05, 0) is 36.4 Å². The van der Waals surface area contributed by atoms with Crippen molar-refractivity contribution in [3.05, 3.63) is 96.8 Å². The van der Waals surface area contributed by atoms with Crippen LogP contribution in [0.5, 0.6) is 5.75 Å². The first-order valence-corrected chi connectivity index (χ1v) is 10.1. The van der Waals surface area contributed by atoms with Crippen molar-refractivity contribution in [3.63, 3.8) is 0 Å². The van der Waals surface area contributed by atoms with E-state index in [1.54, 1.807) is 43.4 Å². The summed E-state index contributed by atoms with van der Waals surface area (Å²) in [5, 5.41) is 11.1. The zero-order valence-corrected chi connectivity index (χ0v) is 17.7. The number of aromatic hydroxyl groups is 1. The number of ether oxygens (including phenoxy) is 1. The molecule has 0 amide bonds. The molecule has 0 fully saturated rings. The molecule has 3 aromatic rings. The Balaban J connectivity index is 1.96. The zero-order valence-electron chi connectivity index (χ0n) is 16.9. The van der Waals surface area contributed by atoms with Crippen LogP contribution in [0.4, 0.5) is 0 Å². The van der Waals surface area contributed by atoms with Crippen molar-refractivity contribution in [2.75, 3.05) is 13.2 Å². The average molecular weight is 437 g/mol. The molecule has 31 heavy (non-hydrogen) atoms. The Morgan fingerprint density at radius 1 is 1.03 bits per heavy atom. The van der Waals surface area contributed by atoms with Crippen molar-refractivity contribution in [2.24, 2.45) is 14.1 Å². The van der Waals surface area contributed by atoms with Gasteiger partial charge in [0.1, 0.15) is 23.6 Å². The number of rotatable bonds is 2. The predicted octanol–water partition coefficient (Wildman–Crippen LogP) is 2.16. The highest BCUT2D eigenvalue weighted by molar-refractivity contribution is 6.30. The Morgan fingerprint density at radius 3 is 2.45 bits per heavy atom. The van der Waals surface area contributed by atoms with Gasteiger partial charge < -0.3 is 9.84 Å². The molecule has 0 unspecified atom stereocenters. The van der Waals surface area contributed by atoms with Crippen LogP contribution in [0.2, 0.25) is 5.02 Å². The molecule has 0 atom stereocenters. The van der Waals surface area contributed by atoms with Crippen molar-refractivity contribution in [3.8, 4) is 5.75 Å². The molecule has 156 valence electrons. The van der Waals surface area contributed by atoms with E-state index >= 15 is 0 Å². The molecule has 2 aromatic carbocycles. The molecule has 0 bridgehead atoms. The number of phenolic OH excluding ortho intramolecular Hbond substituents is 1. The number of hydrogen-bond acceptors (Lipinski definition) is 4. The lowest BCUT2D eigenvalue weighted by Gasteiger charge is -2.18. The molecule has 8 heteroatoms. The summed E-state index contributed by atoms with van der Waals surface area (Å²) in [7, 11) is 3.10. The van der Waals surface area contributed by atoms with Crippen LogP contribution in [0.15, 0.2) is 58.1 Å². The molecular weight excluding hydrogens is 418 g/mol. The van der Waals surface area contributed by atoms with Gasteiger partial charge in [-0.3, -0.25) is 13.9 Å². The monoisotopic (exact) mass is 436 g/mol. The molecule has 0 saturated carbocycles. The number of hydrogen-bond donors (Lipinski definition) is 1. The Bertz CT molecular complexity index is 1430. The topological polar surface area (TPSA) is 76.5 Å². The van der Waals surface area contributed by atoms with Crippen LogP contribution in [0.25, 0.3) is 11.5 Å². The van der Waals surface area contributed by atoms with Gasteiger partial charge in [0.05, 0.1) is 5.56 Å². The van der Waals surface area contributed by atoms with Crippen molar-refractivity contribution in [1.82, 2.24) is 9.13 Å². The van der Waals surface area contributed by atoms with Gasteiger partial charge in [0.15, 0.2) is 6.54 Å². The van der Waals surface area contributed by atoms with Gasteiger partial charge in [-0.15, -0.1) is 0 Å². The molecule has 1 aromatic heterocycles. The van der Waals surface area contributed by atoms with Crippen LogP contribution < -0.4 is 11.2 Å². The second kappa shape index (κ2) is 6.99. The first-order chi connectivity index (χ1) is 14.9. The highest BCUT2D eigenvalue weighted by atomic mass is 35.5. The number of para-hydroxylation sites is 1. The third-order valence-corrected chi connectivity index (χ3v) is 5.96. The van der Waals surface area contributed by atoms with E-state index in [0.29, 0.717) is 52.2 Å². The van der Waals surface area contributed by atoms with E-state index in [9.17, 15) is 14.7 Å². The summed E-state index contributed by atoms with van der Waals surface area (Å²) in [5.41, 5.74) is 2.64. The van der Waals surface area contributed by atoms with E-state index in [0.717, 1.165) is 10.1 Å². The largest absolute Gasteiger partial charge is 0.507 e. The highest BCUT2D eigenvalue weighted by Crippen LogP contribution is 2.39. The molecule has 2 aliphatic heterocycles. The van der Waals surface area contributed by atoms with E-state index in [1.807, 2.05) is 16.7 Å². The fourth-order valence-corrected chi connectivity index (χ4v) is 4.38. The molecule has 1 N–H and O–H groups in total. The van der Waals surface area contributed by atoms with Crippen molar-refractivity contribution < 1.29 is 14.4 Å². The summed E-state index contributed by atoms with van der Waals surface area (Å²) in [6, 6.07) is 14.1. The van der Waals surface area contributed by atoms with Crippen molar-refractivity contribution in [2.45, 2.75) is 0 Å². The minimum absolute atomic E-state index is 0.0576. The van der Waals surface area contributed by atoms with E-state index in [2.05, 4.69) is 0 Å². The van der Waals surface area contributed by atoms with Crippen LogP contribution in [0.3, 0.4) is 0 Å². The van der Waals surface area contributed by atoms with Gasteiger partial charge in [0, 0.05) is 24.7 Å². The fourth-order valence-electron chi connectivity index (χ4n) is 4.25. The summed E-state index contributed by atoms with van der Waals surface area (Å²) >= 11 is 6.09. The summed E-state index contributed by atoms with van der Waals surface area (Å²) in [4.78, 5) is 26.1. The maximum atomic E-state index is 13.3. The molecule has 0 saturated heterocycles. The van der Waals surface area contributed by atoms with Gasteiger partial charge in [-0.2, -0.15) is 4.58 Å². The fraction of sp³-hybridized carbons (Fsp3) is 0.174. The summed E-state index contributed by atoms with van der Waals surface area (Å²) < 4.78 is 10.5. The quantitative estimate of drug-likeness (QED) is 0.625. The van der Waals surface area contributed by atoms with Gasteiger partial charge >= 0.3 is 5.69 Å². The van der Waals surface area contributed by atoms with E-state index in [1.165, 1.54) is 11.6 Å². The van der Waals surface area contributed by atoms with Crippen LogP contribution in [0, 0.1) is 0 Å². The molecule has 0 aliphatic carbocycles. The number of nitrogens with zero attached hydrogens (tertiary/aromatic N) is 3. The molecule has 0 radical (unpaired) electrons. The first kappa shape index (κ1) is 19.4. The number of halogens is 1. The molecule has 5 rings (SSSR count). The van der Waals surface area contributed by atoms with Crippen LogP contribution in [-0.2, 0) is 18.8 Å². The van der Waals surface area contributed by atoms with Crippen molar-refractivity contribution >= 4 is 28.8 Å².